The van der Waals surface area contributed by atoms with Crippen LogP contribution in [-0.4, -0.2) is 13.5 Å². The molecule has 0 saturated heterocycles. The van der Waals surface area contributed by atoms with Crippen LogP contribution < -0.4 is 4.72 Å². The van der Waals surface area contributed by atoms with Crippen LogP contribution in [0.3, 0.4) is 0 Å². The van der Waals surface area contributed by atoms with Crippen molar-refractivity contribution in [2.24, 2.45) is 0 Å². The lowest BCUT2D eigenvalue weighted by atomic mass is 9.92. The van der Waals surface area contributed by atoms with E-state index in [0.29, 0.717) is 0 Å². The fourth-order valence-corrected chi connectivity index (χ4v) is 4.04. The smallest absolute Gasteiger partial charge is 0.262 e. The summed E-state index contributed by atoms with van der Waals surface area (Å²) in [7, 11) is -3.90. The van der Waals surface area contributed by atoms with Crippen LogP contribution in [0.2, 0.25) is 0 Å². The first-order chi connectivity index (χ1) is 11.0. The molecule has 122 valence electrons. The average Bonchev–Trinajstić information content (AvgIpc) is 2.56. The van der Waals surface area contributed by atoms with Crippen LogP contribution in [0.25, 0.3) is 0 Å². The van der Waals surface area contributed by atoms with Crippen LogP contribution in [-0.2, 0) is 29.5 Å². The van der Waals surface area contributed by atoms with Crippen LogP contribution in [0.1, 0.15) is 29.5 Å². The quantitative estimate of drug-likeness (QED) is 0.903. The molecule has 0 bridgehead atoms. The predicted octanol–water partition coefficient (Wildman–Crippen LogP) is 3.00. The molecule has 0 radical (unpaired) electrons. The van der Waals surface area contributed by atoms with E-state index in [2.05, 4.69) is 4.72 Å². The lowest BCUT2D eigenvalue weighted by Gasteiger charge is -2.17. The number of hydrogen-bond donors (Lipinski definition) is 2. The molecule has 2 aromatic rings. The summed E-state index contributed by atoms with van der Waals surface area (Å²) in [5, 5.41) is 9.27. The minimum atomic E-state index is -3.90. The Labute approximate surface area is 135 Å². The number of sulfonamides is 1. The summed E-state index contributed by atoms with van der Waals surface area (Å²) in [5.74, 6) is -0.710. The molecular weight excluding hydrogens is 317 g/mol. The normalized spacial score (nSPS) is 14.3. The molecule has 0 saturated carbocycles. The van der Waals surface area contributed by atoms with Gasteiger partial charge in [0.15, 0.2) is 0 Å². The molecule has 0 atom stereocenters. The highest BCUT2D eigenvalue weighted by atomic mass is 32.2. The van der Waals surface area contributed by atoms with E-state index >= 15 is 0 Å². The van der Waals surface area contributed by atoms with Crippen molar-refractivity contribution < 1.29 is 17.9 Å². The lowest BCUT2D eigenvalue weighted by molar-refractivity contribution is 0.282. The number of rotatable bonds is 4. The minimum absolute atomic E-state index is 0.116. The zero-order valence-corrected chi connectivity index (χ0v) is 13.4. The summed E-state index contributed by atoms with van der Waals surface area (Å²) >= 11 is 0. The third-order valence-corrected chi connectivity index (χ3v) is 5.48. The maximum atomic E-state index is 13.9. The average molecular weight is 335 g/mol. The summed E-state index contributed by atoms with van der Waals surface area (Å²) in [6.07, 6.45) is 3.99. The molecule has 2 aromatic carbocycles. The Bertz CT molecular complexity index is 834. The molecule has 1 aliphatic carbocycles. The maximum absolute atomic E-state index is 13.9. The molecular formula is C17H18FNO3S. The number of benzene rings is 2. The van der Waals surface area contributed by atoms with Crippen molar-refractivity contribution in [3.05, 3.63) is 58.9 Å². The highest BCUT2D eigenvalue weighted by molar-refractivity contribution is 7.92. The van der Waals surface area contributed by atoms with Crippen molar-refractivity contribution in [1.82, 2.24) is 0 Å². The maximum Gasteiger partial charge on any atom is 0.262 e. The Hall–Kier alpha value is -1.92. The summed E-state index contributed by atoms with van der Waals surface area (Å²) < 4.78 is 41.3. The zero-order valence-electron chi connectivity index (χ0n) is 12.5. The van der Waals surface area contributed by atoms with Gasteiger partial charge < -0.3 is 5.11 Å². The highest BCUT2D eigenvalue weighted by Gasteiger charge is 2.20. The summed E-state index contributed by atoms with van der Waals surface area (Å²) in [5.41, 5.74) is 2.21. The Morgan fingerprint density at radius 3 is 2.57 bits per heavy atom. The molecule has 0 aliphatic heterocycles. The fraction of sp³-hybridized carbons (Fsp3) is 0.294. The fourth-order valence-electron chi connectivity index (χ4n) is 2.89. The van der Waals surface area contributed by atoms with Crippen LogP contribution in [0.5, 0.6) is 0 Å². The molecule has 6 heteroatoms. The first kappa shape index (κ1) is 16.0. The van der Waals surface area contributed by atoms with E-state index in [1.54, 1.807) is 12.1 Å². The number of hydrogen-bond acceptors (Lipinski definition) is 3. The number of anilines is 1. The molecule has 0 heterocycles. The Morgan fingerprint density at radius 1 is 1.09 bits per heavy atom. The van der Waals surface area contributed by atoms with E-state index in [0.717, 1.165) is 37.3 Å². The van der Waals surface area contributed by atoms with Gasteiger partial charge in [-0.05, 0) is 55.0 Å². The summed E-state index contributed by atoms with van der Waals surface area (Å²) in [4.78, 5) is 0.116. The van der Waals surface area contributed by atoms with E-state index in [1.165, 1.54) is 17.7 Å². The van der Waals surface area contributed by atoms with Gasteiger partial charge in [-0.1, -0.05) is 18.2 Å². The SMILES string of the molecule is O=S(=O)(Nc1c(F)cccc1CO)c1ccc2c(c1)CCCC2. The van der Waals surface area contributed by atoms with E-state index in [9.17, 15) is 17.9 Å². The van der Waals surface area contributed by atoms with Gasteiger partial charge in [-0.2, -0.15) is 0 Å². The van der Waals surface area contributed by atoms with Gasteiger partial charge in [-0.15, -0.1) is 0 Å². The molecule has 0 spiro atoms. The van der Waals surface area contributed by atoms with Crippen molar-refractivity contribution in [3.8, 4) is 0 Å². The Balaban J connectivity index is 1.97. The summed E-state index contributed by atoms with van der Waals surface area (Å²) in [6, 6.07) is 9.11. The van der Waals surface area contributed by atoms with Gasteiger partial charge in [-0.25, -0.2) is 12.8 Å². The van der Waals surface area contributed by atoms with Gasteiger partial charge >= 0.3 is 0 Å². The number of halogens is 1. The standard InChI is InChI=1S/C17H18FNO3S/c18-16-7-3-6-14(11-20)17(16)19-23(21,22)15-9-8-12-4-1-2-5-13(12)10-15/h3,6-10,19-20H,1-2,4-5,11H2. The topological polar surface area (TPSA) is 66.4 Å². The number of aliphatic hydroxyl groups excluding tert-OH is 1. The van der Waals surface area contributed by atoms with E-state index < -0.39 is 22.4 Å². The second-order valence-electron chi connectivity index (χ2n) is 5.68. The van der Waals surface area contributed by atoms with Gasteiger partial charge in [-0.3, -0.25) is 4.72 Å². The van der Waals surface area contributed by atoms with Gasteiger partial charge in [0, 0.05) is 5.56 Å². The zero-order chi connectivity index (χ0) is 16.4. The molecule has 0 amide bonds. The number of para-hydroxylation sites is 1. The van der Waals surface area contributed by atoms with Crippen molar-refractivity contribution in [2.45, 2.75) is 37.2 Å². The first-order valence-electron chi connectivity index (χ1n) is 7.54. The summed E-state index contributed by atoms with van der Waals surface area (Å²) in [6.45, 7) is -0.445. The molecule has 0 aromatic heterocycles. The lowest BCUT2D eigenvalue weighted by Crippen LogP contribution is -2.16. The number of fused-ring (bicyclic) bond motifs is 1. The van der Waals surface area contributed by atoms with E-state index in [-0.39, 0.29) is 16.1 Å². The van der Waals surface area contributed by atoms with Crippen molar-refractivity contribution in [3.63, 3.8) is 0 Å². The van der Waals surface area contributed by atoms with Gasteiger partial charge in [0.25, 0.3) is 10.0 Å². The van der Waals surface area contributed by atoms with Gasteiger partial charge in [0.05, 0.1) is 17.2 Å². The first-order valence-corrected chi connectivity index (χ1v) is 9.02. The largest absolute Gasteiger partial charge is 0.392 e. The second-order valence-corrected chi connectivity index (χ2v) is 7.36. The Morgan fingerprint density at radius 2 is 1.83 bits per heavy atom. The van der Waals surface area contributed by atoms with Gasteiger partial charge in [0.2, 0.25) is 0 Å². The molecule has 3 rings (SSSR count). The Kier molecular flexibility index (Phi) is 4.37. The predicted molar refractivity (Wildman–Crippen MR) is 86.2 cm³/mol. The van der Waals surface area contributed by atoms with Crippen molar-refractivity contribution in [1.29, 1.82) is 0 Å². The molecule has 1 aliphatic rings. The molecule has 0 fully saturated rings. The number of aryl methyl sites for hydroxylation is 2. The number of aliphatic hydroxyl groups is 1. The monoisotopic (exact) mass is 335 g/mol. The third-order valence-electron chi connectivity index (χ3n) is 4.14. The van der Waals surface area contributed by atoms with Gasteiger partial charge in [0.1, 0.15) is 5.82 Å². The number of nitrogens with one attached hydrogen (secondary N) is 1. The van der Waals surface area contributed by atoms with Crippen LogP contribution in [0.15, 0.2) is 41.3 Å². The molecule has 2 N–H and O–H groups in total. The highest BCUT2D eigenvalue weighted by Crippen LogP contribution is 2.27. The van der Waals surface area contributed by atoms with E-state index in [4.69, 9.17) is 0 Å². The second kappa shape index (κ2) is 6.29. The molecule has 4 nitrogen and oxygen atoms in total. The van der Waals surface area contributed by atoms with Crippen LogP contribution in [0.4, 0.5) is 10.1 Å². The minimum Gasteiger partial charge on any atom is -0.392 e. The third kappa shape index (κ3) is 3.23. The molecule has 0 unspecified atom stereocenters. The van der Waals surface area contributed by atoms with Crippen molar-refractivity contribution >= 4 is 15.7 Å². The van der Waals surface area contributed by atoms with Crippen LogP contribution >= 0.6 is 0 Å². The molecule has 23 heavy (non-hydrogen) atoms. The van der Waals surface area contributed by atoms with E-state index in [1.807, 2.05) is 6.07 Å². The van der Waals surface area contributed by atoms with Crippen LogP contribution in [0, 0.1) is 5.82 Å². The van der Waals surface area contributed by atoms with Crippen molar-refractivity contribution in [2.75, 3.05) is 4.72 Å².